The van der Waals surface area contributed by atoms with Crippen molar-refractivity contribution in [1.82, 2.24) is 0 Å². The Bertz CT molecular complexity index is 989. The number of fused-ring (bicyclic) bond motifs is 1. The zero-order valence-corrected chi connectivity index (χ0v) is 15.2. The van der Waals surface area contributed by atoms with Crippen molar-refractivity contribution >= 4 is 28.3 Å². The van der Waals surface area contributed by atoms with Gasteiger partial charge in [-0.25, -0.2) is 0 Å². The van der Waals surface area contributed by atoms with Crippen LogP contribution in [-0.4, -0.2) is 18.4 Å². The number of aryl methyl sites for hydroxylation is 1. The average Bonchev–Trinajstić information content (AvgIpc) is 3.10. The highest BCUT2D eigenvalue weighted by Crippen LogP contribution is 2.32. The minimum absolute atomic E-state index is 0.0466. The number of anilines is 1. The zero-order valence-electron chi connectivity index (χ0n) is 15.2. The predicted molar refractivity (Wildman–Crippen MR) is 106 cm³/mol. The molecule has 4 rings (SSSR count). The van der Waals surface area contributed by atoms with Crippen LogP contribution in [0.25, 0.3) is 10.8 Å². The maximum absolute atomic E-state index is 12.6. The van der Waals surface area contributed by atoms with Gasteiger partial charge in [-0.3, -0.25) is 9.59 Å². The fraction of sp³-hybridized carbons (Fsp3) is 0.217. The molecule has 1 fully saturated rings. The van der Waals surface area contributed by atoms with Gasteiger partial charge in [-0.05, 0) is 35.6 Å². The molecule has 0 spiro atoms. The van der Waals surface area contributed by atoms with Crippen molar-refractivity contribution in [1.29, 1.82) is 0 Å². The second kappa shape index (κ2) is 7.23. The van der Waals surface area contributed by atoms with Crippen LogP contribution in [0.15, 0.2) is 66.7 Å². The monoisotopic (exact) mass is 359 g/mol. The lowest BCUT2D eigenvalue weighted by molar-refractivity contribution is -0.139. The summed E-state index contributed by atoms with van der Waals surface area (Å²) in [5.74, 6) is -0.333. The minimum atomic E-state index is -0.456. The molecule has 136 valence electrons. The largest absolute Gasteiger partial charge is 0.426 e. The first-order valence-electron chi connectivity index (χ1n) is 9.24. The molecule has 1 amide bonds. The zero-order chi connectivity index (χ0) is 18.8. The number of carbonyl (C=O) groups is 2. The van der Waals surface area contributed by atoms with E-state index in [9.17, 15) is 9.59 Å². The molecule has 4 heteroatoms. The van der Waals surface area contributed by atoms with Crippen LogP contribution in [0.4, 0.5) is 5.69 Å². The number of hydrogen-bond donors (Lipinski definition) is 0. The molecule has 0 unspecified atom stereocenters. The molecule has 1 atom stereocenters. The number of amides is 1. The topological polar surface area (TPSA) is 46.6 Å². The van der Waals surface area contributed by atoms with Gasteiger partial charge in [-0.1, -0.05) is 55.5 Å². The molecular weight excluding hydrogens is 338 g/mol. The first-order chi connectivity index (χ1) is 13.2. The van der Waals surface area contributed by atoms with Crippen molar-refractivity contribution in [2.45, 2.75) is 19.8 Å². The smallest absolute Gasteiger partial charge is 0.316 e. The van der Waals surface area contributed by atoms with Gasteiger partial charge >= 0.3 is 5.97 Å². The van der Waals surface area contributed by atoms with Crippen molar-refractivity contribution in [2.24, 2.45) is 5.92 Å². The van der Waals surface area contributed by atoms with Gasteiger partial charge in [0.25, 0.3) is 0 Å². The van der Waals surface area contributed by atoms with Crippen LogP contribution in [0, 0.1) is 5.92 Å². The molecule has 0 N–H and O–H groups in total. The minimum Gasteiger partial charge on any atom is -0.426 e. The van der Waals surface area contributed by atoms with Gasteiger partial charge in [0, 0.05) is 18.4 Å². The summed E-state index contributed by atoms with van der Waals surface area (Å²) in [6.45, 7) is 2.42. The lowest BCUT2D eigenvalue weighted by atomic mass is 10.1. The summed E-state index contributed by atoms with van der Waals surface area (Å²) < 4.78 is 5.50. The van der Waals surface area contributed by atoms with Gasteiger partial charge in [0.2, 0.25) is 5.91 Å². The van der Waals surface area contributed by atoms with Crippen molar-refractivity contribution < 1.29 is 14.3 Å². The van der Waals surface area contributed by atoms with Crippen LogP contribution in [0.2, 0.25) is 0 Å². The summed E-state index contributed by atoms with van der Waals surface area (Å²) in [5, 5.41) is 2.09. The molecule has 0 radical (unpaired) electrons. The van der Waals surface area contributed by atoms with Crippen molar-refractivity contribution in [2.75, 3.05) is 11.4 Å². The number of nitrogens with zero attached hydrogens (tertiary/aromatic N) is 1. The molecule has 0 bridgehead atoms. The maximum atomic E-state index is 12.6. The Kier molecular flexibility index (Phi) is 4.63. The molecule has 0 aromatic heterocycles. The average molecular weight is 359 g/mol. The predicted octanol–water partition coefficient (Wildman–Crippen LogP) is 4.36. The van der Waals surface area contributed by atoms with E-state index in [4.69, 9.17) is 4.74 Å². The summed E-state index contributed by atoms with van der Waals surface area (Å²) >= 11 is 0. The van der Waals surface area contributed by atoms with Gasteiger partial charge in [-0.2, -0.15) is 0 Å². The summed E-state index contributed by atoms with van der Waals surface area (Å²) in [6, 6.07) is 21.3. The highest BCUT2D eigenvalue weighted by atomic mass is 16.5. The lowest BCUT2D eigenvalue weighted by Gasteiger charge is -2.18. The van der Waals surface area contributed by atoms with E-state index in [0.29, 0.717) is 12.3 Å². The van der Waals surface area contributed by atoms with Crippen LogP contribution >= 0.6 is 0 Å². The fourth-order valence-electron chi connectivity index (χ4n) is 3.53. The Balaban J connectivity index is 1.52. The molecule has 0 saturated carbocycles. The first-order valence-corrected chi connectivity index (χ1v) is 9.24. The van der Waals surface area contributed by atoms with E-state index < -0.39 is 5.92 Å². The second-order valence-corrected chi connectivity index (χ2v) is 6.82. The SMILES string of the molecule is CCc1ccc(OC(=O)[C@@H]2CC(=O)N(c3cccc4ccccc34)C2)cc1. The highest BCUT2D eigenvalue weighted by molar-refractivity contribution is 6.06. The van der Waals surface area contributed by atoms with Crippen LogP contribution in [-0.2, 0) is 16.0 Å². The molecular formula is C23H21NO3. The van der Waals surface area contributed by atoms with Gasteiger partial charge in [0.1, 0.15) is 5.75 Å². The van der Waals surface area contributed by atoms with E-state index in [0.717, 1.165) is 22.9 Å². The Morgan fingerprint density at radius 1 is 1.04 bits per heavy atom. The molecule has 1 saturated heterocycles. The molecule has 1 heterocycles. The summed E-state index contributed by atoms with van der Waals surface area (Å²) in [6.07, 6.45) is 1.11. The number of ether oxygens (including phenoxy) is 1. The molecule has 0 aliphatic carbocycles. The van der Waals surface area contributed by atoms with E-state index >= 15 is 0 Å². The van der Waals surface area contributed by atoms with Gasteiger partial charge in [-0.15, -0.1) is 0 Å². The summed E-state index contributed by atoms with van der Waals surface area (Å²) in [5.41, 5.74) is 2.04. The first kappa shape index (κ1) is 17.3. The van der Waals surface area contributed by atoms with Gasteiger partial charge in [0.05, 0.1) is 11.6 Å². The third-order valence-corrected chi connectivity index (χ3v) is 5.07. The van der Waals surface area contributed by atoms with Crippen LogP contribution in [0.1, 0.15) is 18.9 Å². The van der Waals surface area contributed by atoms with Gasteiger partial charge < -0.3 is 9.64 Å². The van der Waals surface area contributed by atoms with E-state index in [1.807, 2.05) is 54.6 Å². The van der Waals surface area contributed by atoms with Gasteiger partial charge in [0.15, 0.2) is 0 Å². The Labute approximate surface area is 158 Å². The second-order valence-electron chi connectivity index (χ2n) is 6.82. The van der Waals surface area contributed by atoms with E-state index in [1.165, 1.54) is 5.56 Å². The molecule has 4 nitrogen and oxygen atoms in total. The summed E-state index contributed by atoms with van der Waals surface area (Å²) in [4.78, 5) is 26.8. The quantitative estimate of drug-likeness (QED) is 0.514. The van der Waals surface area contributed by atoms with Crippen molar-refractivity contribution in [3.8, 4) is 5.75 Å². The maximum Gasteiger partial charge on any atom is 0.316 e. The van der Waals surface area contributed by atoms with E-state index in [1.54, 1.807) is 17.0 Å². The number of benzene rings is 3. The third kappa shape index (κ3) is 3.43. The highest BCUT2D eigenvalue weighted by Gasteiger charge is 2.36. The lowest BCUT2D eigenvalue weighted by Crippen LogP contribution is -2.27. The van der Waals surface area contributed by atoms with Crippen LogP contribution < -0.4 is 9.64 Å². The van der Waals surface area contributed by atoms with Crippen molar-refractivity contribution in [3.05, 3.63) is 72.3 Å². The molecule has 1 aliphatic rings. The number of esters is 1. The van der Waals surface area contributed by atoms with Crippen LogP contribution in [0.5, 0.6) is 5.75 Å². The normalized spacial score (nSPS) is 16.7. The number of carbonyl (C=O) groups excluding carboxylic acids is 2. The van der Waals surface area contributed by atoms with Crippen molar-refractivity contribution in [3.63, 3.8) is 0 Å². The molecule has 3 aromatic carbocycles. The van der Waals surface area contributed by atoms with E-state index in [2.05, 4.69) is 6.92 Å². The number of rotatable bonds is 4. The standard InChI is InChI=1S/C23H21NO3/c1-2-16-10-12-19(13-11-16)27-23(26)18-14-22(25)24(15-18)21-9-5-7-17-6-3-4-8-20(17)21/h3-13,18H,2,14-15H2,1H3/t18-/m1/s1. The Hall–Kier alpha value is -3.14. The third-order valence-electron chi connectivity index (χ3n) is 5.07. The Morgan fingerprint density at radius 2 is 1.78 bits per heavy atom. The summed E-state index contributed by atoms with van der Waals surface area (Å²) in [7, 11) is 0. The number of hydrogen-bond acceptors (Lipinski definition) is 3. The Morgan fingerprint density at radius 3 is 2.56 bits per heavy atom. The van der Waals surface area contributed by atoms with Crippen LogP contribution in [0.3, 0.4) is 0 Å². The van der Waals surface area contributed by atoms with E-state index in [-0.39, 0.29) is 18.3 Å². The molecule has 27 heavy (non-hydrogen) atoms. The molecule has 1 aliphatic heterocycles. The molecule has 3 aromatic rings. The fourth-order valence-corrected chi connectivity index (χ4v) is 3.53.